The van der Waals surface area contributed by atoms with Crippen LogP contribution in [0.1, 0.15) is 27.5 Å². The number of amides is 1. The van der Waals surface area contributed by atoms with Crippen LogP contribution in [0.4, 0.5) is 0 Å². The van der Waals surface area contributed by atoms with Crippen LogP contribution in [-0.2, 0) is 4.79 Å². The van der Waals surface area contributed by atoms with E-state index >= 15 is 0 Å². The average molecular weight is 413 g/mol. The molecule has 3 aromatic carbocycles. The van der Waals surface area contributed by atoms with E-state index in [4.69, 9.17) is 4.42 Å². The molecule has 0 aliphatic heterocycles. The van der Waals surface area contributed by atoms with E-state index in [2.05, 4.69) is 5.32 Å². The molecule has 1 amide bonds. The zero-order chi connectivity index (χ0) is 22.0. The van der Waals surface area contributed by atoms with Crippen LogP contribution < -0.4 is 10.7 Å². The van der Waals surface area contributed by atoms with Crippen LogP contribution in [0.25, 0.3) is 22.3 Å². The number of fused-ring (bicyclic) bond motifs is 1. The minimum Gasteiger partial charge on any atom is -0.479 e. The molecule has 0 radical (unpaired) electrons. The van der Waals surface area contributed by atoms with Gasteiger partial charge in [0.2, 0.25) is 0 Å². The van der Waals surface area contributed by atoms with Crippen LogP contribution in [-0.4, -0.2) is 17.0 Å². The van der Waals surface area contributed by atoms with Gasteiger partial charge in [0, 0.05) is 17.2 Å². The third kappa shape index (κ3) is 4.23. The second-order valence-corrected chi connectivity index (χ2v) is 7.21. The zero-order valence-electron chi connectivity index (χ0n) is 16.7. The Kier molecular flexibility index (Phi) is 5.37. The molecule has 0 fully saturated rings. The summed E-state index contributed by atoms with van der Waals surface area (Å²) in [6.07, 6.45) is 0. The fourth-order valence-corrected chi connectivity index (χ4v) is 3.35. The second kappa shape index (κ2) is 8.28. The first-order valence-electron chi connectivity index (χ1n) is 9.66. The molecule has 0 saturated carbocycles. The van der Waals surface area contributed by atoms with Crippen molar-refractivity contribution in [1.29, 1.82) is 0 Å². The summed E-state index contributed by atoms with van der Waals surface area (Å²) in [5.41, 5.74) is 2.72. The SMILES string of the molecule is Cc1ccc2oc(-c3ccc(C(=O)N[C@H](C(=O)O)c4ccccc4)cc3)cc(=O)c2c1. The van der Waals surface area contributed by atoms with Crippen LogP contribution in [0.2, 0.25) is 0 Å². The quantitative estimate of drug-likeness (QED) is 0.508. The fourth-order valence-electron chi connectivity index (χ4n) is 3.35. The average Bonchev–Trinajstić information content (AvgIpc) is 2.78. The first kappa shape index (κ1) is 20.1. The Morgan fingerprint density at radius 1 is 0.935 bits per heavy atom. The van der Waals surface area contributed by atoms with E-state index in [1.165, 1.54) is 6.07 Å². The highest BCUT2D eigenvalue weighted by Crippen LogP contribution is 2.23. The fraction of sp³-hybridized carbons (Fsp3) is 0.0800. The monoisotopic (exact) mass is 413 g/mol. The van der Waals surface area contributed by atoms with Gasteiger partial charge in [-0.1, -0.05) is 54.1 Å². The highest BCUT2D eigenvalue weighted by Gasteiger charge is 2.22. The first-order valence-corrected chi connectivity index (χ1v) is 9.66. The number of benzene rings is 3. The van der Waals surface area contributed by atoms with E-state index in [0.29, 0.717) is 33.4 Å². The maximum absolute atomic E-state index is 12.6. The Hall–Kier alpha value is -4.19. The molecular weight excluding hydrogens is 394 g/mol. The molecule has 0 unspecified atom stereocenters. The molecule has 154 valence electrons. The lowest BCUT2D eigenvalue weighted by molar-refractivity contribution is -0.139. The molecule has 4 aromatic rings. The van der Waals surface area contributed by atoms with Crippen LogP contribution >= 0.6 is 0 Å². The summed E-state index contributed by atoms with van der Waals surface area (Å²) in [5.74, 6) is -1.27. The molecule has 0 spiro atoms. The van der Waals surface area contributed by atoms with Gasteiger partial charge >= 0.3 is 5.97 Å². The van der Waals surface area contributed by atoms with Gasteiger partial charge in [-0.25, -0.2) is 4.79 Å². The van der Waals surface area contributed by atoms with Gasteiger partial charge in [-0.05, 0) is 36.8 Å². The van der Waals surface area contributed by atoms with E-state index < -0.39 is 17.9 Å². The largest absolute Gasteiger partial charge is 0.479 e. The molecule has 6 nitrogen and oxygen atoms in total. The van der Waals surface area contributed by atoms with Crippen molar-refractivity contribution in [3.63, 3.8) is 0 Å². The van der Waals surface area contributed by atoms with E-state index in [-0.39, 0.29) is 5.43 Å². The molecular formula is C25H19NO5. The van der Waals surface area contributed by atoms with Crippen molar-refractivity contribution < 1.29 is 19.1 Å². The van der Waals surface area contributed by atoms with E-state index in [0.717, 1.165) is 5.56 Å². The van der Waals surface area contributed by atoms with Crippen LogP contribution in [0.5, 0.6) is 0 Å². The Bertz CT molecular complexity index is 1320. The van der Waals surface area contributed by atoms with Gasteiger partial charge in [-0.2, -0.15) is 0 Å². The van der Waals surface area contributed by atoms with Gasteiger partial charge in [-0.3, -0.25) is 9.59 Å². The number of carbonyl (C=O) groups excluding carboxylic acids is 1. The number of hydrogen-bond donors (Lipinski definition) is 2. The molecule has 1 atom stereocenters. The topological polar surface area (TPSA) is 96.6 Å². The zero-order valence-corrected chi connectivity index (χ0v) is 16.7. The minimum atomic E-state index is -1.16. The van der Waals surface area contributed by atoms with Crippen molar-refractivity contribution in [2.75, 3.05) is 0 Å². The molecule has 4 rings (SSSR count). The van der Waals surface area contributed by atoms with Gasteiger partial charge in [0.25, 0.3) is 5.91 Å². The molecule has 0 saturated heterocycles. The van der Waals surface area contributed by atoms with Gasteiger partial charge in [0.05, 0.1) is 5.39 Å². The van der Waals surface area contributed by atoms with Gasteiger partial charge in [0.1, 0.15) is 11.3 Å². The van der Waals surface area contributed by atoms with Crippen molar-refractivity contribution >= 4 is 22.8 Å². The maximum Gasteiger partial charge on any atom is 0.330 e. The maximum atomic E-state index is 12.6. The number of rotatable bonds is 5. The van der Waals surface area contributed by atoms with Crippen molar-refractivity contribution in [2.45, 2.75) is 13.0 Å². The van der Waals surface area contributed by atoms with Crippen molar-refractivity contribution in [1.82, 2.24) is 5.32 Å². The summed E-state index contributed by atoms with van der Waals surface area (Å²) in [6, 6.07) is 20.6. The van der Waals surface area contributed by atoms with E-state index in [9.17, 15) is 19.5 Å². The molecule has 1 heterocycles. The van der Waals surface area contributed by atoms with E-state index in [1.54, 1.807) is 66.7 Å². The lowest BCUT2D eigenvalue weighted by Crippen LogP contribution is -2.33. The number of carbonyl (C=O) groups is 2. The summed E-state index contributed by atoms with van der Waals surface area (Å²) in [5, 5.41) is 12.5. The second-order valence-electron chi connectivity index (χ2n) is 7.21. The number of aryl methyl sites for hydroxylation is 1. The lowest BCUT2D eigenvalue weighted by Gasteiger charge is -2.15. The van der Waals surface area contributed by atoms with Crippen LogP contribution in [0.15, 0.2) is 88.1 Å². The highest BCUT2D eigenvalue weighted by atomic mass is 16.4. The molecule has 31 heavy (non-hydrogen) atoms. The lowest BCUT2D eigenvalue weighted by atomic mass is 10.1. The third-order valence-corrected chi connectivity index (χ3v) is 4.97. The predicted octanol–water partition coefficient (Wildman–Crippen LogP) is 4.32. The molecule has 6 heteroatoms. The number of carboxylic acid groups (broad SMARTS) is 1. The molecule has 0 bridgehead atoms. The molecule has 0 aliphatic carbocycles. The summed E-state index contributed by atoms with van der Waals surface area (Å²) in [6.45, 7) is 1.91. The van der Waals surface area contributed by atoms with Crippen LogP contribution in [0.3, 0.4) is 0 Å². The molecule has 1 aromatic heterocycles. The van der Waals surface area contributed by atoms with Gasteiger partial charge in [0.15, 0.2) is 11.5 Å². The Morgan fingerprint density at radius 2 is 1.65 bits per heavy atom. The smallest absolute Gasteiger partial charge is 0.330 e. The molecule has 0 aliphatic rings. The van der Waals surface area contributed by atoms with Gasteiger partial charge in [-0.15, -0.1) is 0 Å². The number of carboxylic acids is 1. The number of hydrogen-bond acceptors (Lipinski definition) is 4. The summed E-state index contributed by atoms with van der Waals surface area (Å²) >= 11 is 0. The summed E-state index contributed by atoms with van der Waals surface area (Å²) in [4.78, 5) is 36.6. The van der Waals surface area contributed by atoms with E-state index in [1.807, 2.05) is 13.0 Å². The first-order chi connectivity index (χ1) is 14.9. The molecule has 2 N–H and O–H groups in total. The Balaban J connectivity index is 1.59. The predicted molar refractivity (Wildman–Crippen MR) is 117 cm³/mol. The minimum absolute atomic E-state index is 0.145. The highest BCUT2D eigenvalue weighted by molar-refractivity contribution is 5.97. The third-order valence-electron chi connectivity index (χ3n) is 4.97. The standard InChI is InChI=1S/C25H19NO5/c1-15-7-12-21-19(13-15)20(27)14-22(31-21)16-8-10-18(11-9-16)24(28)26-23(25(29)30)17-5-3-2-4-6-17/h2-14,23H,1H3,(H,26,28)(H,29,30)/t23-/m0/s1. The summed E-state index contributed by atoms with van der Waals surface area (Å²) in [7, 11) is 0. The number of nitrogens with one attached hydrogen (secondary N) is 1. The van der Waals surface area contributed by atoms with Crippen LogP contribution in [0, 0.1) is 6.92 Å². The van der Waals surface area contributed by atoms with Crippen molar-refractivity contribution in [3.8, 4) is 11.3 Å². The Labute approximate surface area is 177 Å². The van der Waals surface area contributed by atoms with Crippen molar-refractivity contribution in [2.24, 2.45) is 0 Å². The normalized spacial score (nSPS) is 11.8. The number of aliphatic carboxylic acids is 1. The van der Waals surface area contributed by atoms with Gasteiger partial charge < -0.3 is 14.8 Å². The summed E-state index contributed by atoms with van der Waals surface area (Å²) < 4.78 is 5.86. The van der Waals surface area contributed by atoms with Crippen molar-refractivity contribution in [3.05, 3.63) is 106 Å². The Morgan fingerprint density at radius 3 is 2.32 bits per heavy atom.